The summed E-state index contributed by atoms with van der Waals surface area (Å²) in [5.74, 6) is -0.143. The third-order valence-electron chi connectivity index (χ3n) is 1.91. The van der Waals surface area contributed by atoms with E-state index in [0.717, 1.165) is 5.69 Å². The molecule has 0 radical (unpaired) electrons. The van der Waals surface area contributed by atoms with E-state index >= 15 is 0 Å². The molecule has 0 unspecified atom stereocenters. The molecule has 0 aliphatic carbocycles. The smallest absolute Gasteiger partial charge is 0.257 e. The maximum Gasteiger partial charge on any atom is 0.257 e. The van der Waals surface area contributed by atoms with Crippen LogP contribution >= 0.6 is 0 Å². The van der Waals surface area contributed by atoms with Gasteiger partial charge in [0.15, 0.2) is 11.9 Å². The molecule has 0 bridgehead atoms. The van der Waals surface area contributed by atoms with Crippen molar-refractivity contribution in [3.63, 3.8) is 0 Å². The minimum atomic E-state index is -0.143. The van der Waals surface area contributed by atoms with Gasteiger partial charge in [0.2, 0.25) is 0 Å². The van der Waals surface area contributed by atoms with Gasteiger partial charge in [-0.3, -0.25) is 4.79 Å². The topological polar surface area (TPSA) is 120 Å². The first kappa shape index (κ1) is 12.0. The van der Waals surface area contributed by atoms with E-state index in [2.05, 4.69) is 26.1 Å². The van der Waals surface area contributed by atoms with E-state index < -0.39 is 0 Å². The summed E-state index contributed by atoms with van der Waals surface area (Å²) < 4.78 is 0. The van der Waals surface area contributed by atoms with Crippen LogP contribution in [-0.2, 0) is 6.54 Å². The van der Waals surface area contributed by atoms with Crippen molar-refractivity contribution in [3.05, 3.63) is 40.0 Å². The van der Waals surface area contributed by atoms with Gasteiger partial charge in [-0.15, -0.1) is 0 Å². The summed E-state index contributed by atoms with van der Waals surface area (Å²) in [5, 5.41) is 6.11. The monoisotopic (exact) mass is 222 g/mol. The van der Waals surface area contributed by atoms with Crippen molar-refractivity contribution in [2.24, 2.45) is 5.11 Å². The van der Waals surface area contributed by atoms with E-state index in [9.17, 15) is 4.79 Å². The van der Waals surface area contributed by atoms with Crippen LogP contribution in [0.15, 0.2) is 23.4 Å². The molecule has 0 spiro atoms. The zero-order chi connectivity index (χ0) is 11.8. The summed E-state index contributed by atoms with van der Waals surface area (Å²) in [6, 6.07) is 3.39. The molecule has 0 saturated carbocycles. The van der Waals surface area contributed by atoms with Crippen molar-refractivity contribution in [2.75, 3.05) is 13.1 Å². The zero-order valence-corrected chi connectivity index (χ0v) is 8.81. The van der Waals surface area contributed by atoms with Gasteiger partial charge in [0.05, 0.1) is 13.1 Å². The lowest BCUT2D eigenvalue weighted by molar-refractivity contribution is -0.390. The Labute approximate surface area is 92.3 Å². The highest BCUT2D eigenvalue weighted by molar-refractivity contribution is 5.93. The third-order valence-corrected chi connectivity index (χ3v) is 1.91. The second-order valence-electron chi connectivity index (χ2n) is 3.10. The Kier molecular flexibility index (Phi) is 4.78. The number of pyridine rings is 1. The fraction of sp³-hybridized carbons (Fsp3) is 0.333. The molecule has 0 saturated heterocycles. The summed E-state index contributed by atoms with van der Waals surface area (Å²) in [5.41, 5.74) is 13.1. The van der Waals surface area contributed by atoms with Gasteiger partial charge in [0, 0.05) is 11.0 Å². The summed E-state index contributed by atoms with van der Waals surface area (Å²) in [6.45, 7) is 1.46. The van der Waals surface area contributed by atoms with Crippen LogP contribution in [0.5, 0.6) is 0 Å². The first-order valence-electron chi connectivity index (χ1n) is 4.87. The second-order valence-corrected chi connectivity index (χ2v) is 3.10. The highest BCUT2D eigenvalue weighted by atomic mass is 16.1. The summed E-state index contributed by atoms with van der Waals surface area (Å²) >= 11 is 0. The van der Waals surface area contributed by atoms with E-state index in [1.54, 1.807) is 18.3 Å². The highest BCUT2D eigenvalue weighted by Crippen LogP contribution is 1.98. The number of H-pyrrole nitrogens is 1. The molecule has 7 nitrogen and oxygen atoms in total. The average Bonchev–Trinajstić information content (AvgIpc) is 2.34. The third kappa shape index (κ3) is 3.56. The van der Waals surface area contributed by atoms with Crippen molar-refractivity contribution >= 4 is 5.91 Å². The number of nitrogens with one attached hydrogen (secondary N) is 2. The largest absolute Gasteiger partial charge is 0.356 e. The molecule has 1 aromatic rings. The predicted octanol–water partition coefficient (Wildman–Crippen LogP) is -0.717. The molecule has 1 aromatic heterocycles. The van der Waals surface area contributed by atoms with Crippen molar-refractivity contribution in [3.8, 4) is 0 Å². The Morgan fingerprint density at radius 2 is 2.44 bits per heavy atom. The lowest BCUT2D eigenvalue weighted by Crippen LogP contribution is -2.54. The van der Waals surface area contributed by atoms with E-state index in [1.165, 1.54) is 0 Å². The van der Waals surface area contributed by atoms with Gasteiger partial charge in [-0.1, -0.05) is 5.11 Å². The lowest BCUT2D eigenvalue weighted by Gasteiger charge is -1.99. The number of quaternary nitrogens is 1. The fourth-order valence-corrected chi connectivity index (χ4v) is 1.11. The van der Waals surface area contributed by atoms with Gasteiger partial charge >= 0.3 is 0 Å². The Morgan fingerprint density at radius 1 is 1.62 bits per heavy atom. The number of hydrogen-bond donors (Lipinski definition) is 2. The molecule has 0 atom stereocenters. The fourth-order valence-electron chi connectivity index (χ4n) is 1.11. The SMILES string of the molecule is [N-]=[N+]=NCc1ccc(C(=O)NCC[NH3+])c[nH+]1. The Morgan fingerprint density at radius 3 is 3.00 bits per heavy atom. The van der Waals surface area contributed by atoms with Crippen LogP contribution in [0.1, 0.15) is 16.1 Å². The molecule has 1 heterocycles. The number of aromatic amines is 1. The number of carbonyl (C=O) groups excluding carboxylic acids is 1. The average molecular weight is 222 g/mol. The number of nitrogens with zero attached hydrogens (tertiary/aromatic N) is 3. The minimum Gasteiger partial charge on any atom is -0.356 e. The molecule has 0 fully saturated rings. The van der Waals surface area contributed by atoms with Crippen molar-refractivity contribution in [2.45, 2.75) is 6.54 Å². The second kappa shape index (κ2) is 6.39. The maximum absolute atomic E-state index is 11.5. The van der Waals surface area contributed by atoms with E-state index in [1.807, 2.05) is 0 Å². The van der Waals surface area contributed by atoms with Gasteiger partial charge < -0.3 is 11.1 Å². The molecule has 0 aliphatic heterocycles. The molecule has 0 aliphatic rings. The zero-order valence-electron chi connectivity index (χ0n) is 8.81. The van der Waals surface area contributed by atoms with Gasteiger partial charge in [-0.05, 0) is 11.6 Å². The molecule has 1 rings (SSSR count). The molecule has 0 aromatic carbocycles. The van der Waals surface area contributed by atoms with Crippen LogP contribution in [-0.4, -0.2) is 19.0 Å². The number of amides is 1. The highest BCUT2D eigenvalue weighted by Gasteiger charge is 2.08. The van der Waals surface area contributed by atoms with Crippen LogP contribution in [0, 0.1) is 0 Å². The van der Waals surface area contributed by atoms with Gasteiger partial charge in [0.25, 0.3) is 5.91 Å². The molecule has 1 amide bonds. The van der Waals surface area contributed by atoms with Crippen molar-refractivity contribution in [1.29, 1.82) is 0 Å². The van der Waals surface area contributed by atoms with Crippen LogP contribution in [0.2, 0.25) is 0 Å². The van der Waals surface area contributed by atoms with Crippen LogP contribution in [0.4, 0.5) is 0 Å². The predicted molar refractivity (Wildman–Crippen MR) is 55.9 cm³/mol. The van der Waals surface area contributed by atoms with Crippen LogP contribution in [0.25, 0.3) is 10.4 Å². The standard InChI is InChI=1S/C9H12N6O/c10-3-4-12-9(16)7-1-2-8(13-5-7)6-14-15-11/h1-2,5H,3-4,6,10H2,(H,12,16)/p+2. The summed E-state index contributed by atoms with van der Waals surface area (Å²) in [6.07, 6.45) is 1.58. The quantitative estimate of drug-likeness (QED) is 0.381. The number of hydrogen-bond acceptors (Lipinski definition) is 2. The van der Waals surface area contributed by atoms with E-state index in [4.69, 9.17) is 5.53 Å². The molecule has 84 valence electrons. The molecule has 16 heavy (non-hydrogen) atoms. The van der Waals surface area contributed by atoms with E-state index in [0.29, 0.717) is 18.7 Å². The Hall–Kier alpha value is -2.11. The molecular weight excluding hydrogens is 208 g/mol. The lowest BCUT2D eigenvalue weighted by atomic mass is 10.2. The van der Waals surface area contributed by atoms with Crippen molar-refractivity contribution < 1.29 is 15.5 Å². The van der Waals surface area contributed by atoms with Gasteiger partial charge in [-0.25, -0.2) is 4.98 Å². The number of aromatic nitrogens is 1. The summed E-state index contributed by atoms with van der Waals surface area (Å²) in [7, 11) is 0. The number of azide groups is 1. The van der Waals surface area contributed by atoms with Gasteiger partial charge in [0.1, 0.15) is 12.1 Å². The Balaban J connectivity index is 2.63. The molecular formula is C9H14N6O+2. The number of rotatable bonds is 5. The first-order valence-corrected chi connectivity index (χ1v) is 4.87. The number of carbonyl (C=O) groups is 1. The minimum absolute atomic E-state index is 0.143. The van der Waals surface area contributed by atoms with Crippen LogP contribution < -0.4 is 16.0 Å². The molecule has 7 heteroatoms. The van der Waals surface area contributed by atoms with Crippen LogP contribution in [0.3, 0.4) is 0 Å². The Bertz CT molecular complexity index is 395. The van der Waals surface area contributed by atoms with Crippen molar-refractivity contribution in [1.82, 2.24) is 5.32 Å². The van der Waals surface area contributed by atoms with Gasteiger partial charge in [-0.2, -0.15) is 0 Å². The normalized spacial score (nSPS) is 9.31. The summed E-state index contributed by atoms with van der Waals surface area (Å²) in [4.78, 5) is 17.0. The maximum atomic E-state index is 11.5. The molecule has 5 N–H and O–H groups in total. The first-order chi connectivity index (χ1) is 7.77. The van der Waals surface area contributed by atoms with E-state index in [-0.39, 0.29) is 12.5 Å².